The van der Waals surface area contributed by atoms with Crippen molar-refractivity contribution in [3.63, 3.8) is 0 Å². The number of carbonyl (C=O) groups is 1. The maximum atomic E-state index is 12.5. The lowest BCUT2D eigenvalue weighted by Gasteiger charge is -2.18. The molecule has 2 N–H and O–H groups in total. The molecule has 8 heteroatoms. The fourth-order valence-electron chi connectivity index (χ4n) is 2.50. The van der Waals surface area contributed by atoms with Gasteiger partial charge in [0.15, 0.2) is 0 Å². The highest BCUT2D eigenvalue weighted by Gasteiger charge is 2.24. The number of amides is 2. The van der Waals surface area contributed by atoms with E-state index >= 15 is 0 Å². The Labute approximate surface area is 162 Å². The maximum Gasteiger partial charge on any atom is 0.323 e. The summed E-state index contributed by atoms with van der Waals surface area (Å²) in [5.74, 6) is 0. The fraction of sp³-hybridized carbons (Fsp3) is 0.368. The van der Waals surface area contributed by atoms with Gasteiger partial charge in [-0.05, 0) is 12.0 Å². The molecule has 0 aliphatic heterocycles. The normalized spacial score (nSPS) is 11.4. The molecule has 142 valence electrons. The van der Waals surface area contributed by atoms with Gasteiger partial charge in [-0.15, -0.1) is 10.2 Å². The zero-order valence-corrected chi connectivity index (χ0v) is 16.8. The molecule has 0 aliphatic carbocycles. The molecule has 0 saturated carbocycles. The van der Waals surface area contributed by atoms with Gasteiger partial charge in [0, 0.05) is 18.0 Å². The van der Waals surface area contributed by atoms with Crippen molar-refractivity contribution in [1.82, 2.24) is 25.3 Å². The zero-order valence-electron chi connectivity index (χ0n) is 16.0. The van der Waals surface area contributed by atoms with Crippen molar-refractivity contribution in [3.05, 3.63) is 47.1 Å². The molecular formula is C19H24N6OS. The number of urea groups is 1. The Hall–Kier alpha value is -2.74. The number of nitrogens with zero attached hydrogens (tertiary/aromatic N) is 4. The predicted molar refractivity (Wildman–Crippen MR) is 108 cm³/mol. The summed E-state index contributed by atoms with van der Waals surface area (Å²) >= 11 is 1.42. The van der Waals surface area contributed by atoms with Crippen molar-refractivity contribution in [3.8, 4) is 11.3 Å². The molecule has 0 spiro atoms. The Kier molecular flexibility index (Phi) is 5.55. The van der Waals surface area contributed by atoms with Gasteiger partial charge < -0.3 is 4.90 Å². The van der Waals surface area contributed by atoms with Crippen molar-refractivity contribution >= 4 is 22.5 Å². The highest BCUT2D eigenvalue weighted by atomic mass is 32.1. The molecule has 0 aliphatic rings. The molecule has 2 aromatic heterocycles. The minimum atomic E-state index is -0.229. The third kappa shape index (κ3) is 4.33. The van der Waals surface area contributed by atoms with Crippen LogP contribution in [0, 0.1) is 0 Å². The minimum absolute atomic E-state index is 0.0477. The van der Waals surface area contributed by atoms with E-state index in [1.165, 1.54) is 11.3 Å². The Balaban J connectivity index is 1.67. The number of anilines is 1. The first kappa shape index (κ1) is 19.0. The Morgan fingerprint density at radius 1 is 1.26 bits per heavy atom. The van der Waals surface area contributed by atoms with Gasteiger partial charge >= 0.3 is 6.03 Å². The van der Waals surface area contributed by atoms with Crippen molar-refractivity contribution in [2.75, 3.05) is 12.4 Å². The Morgan fingerprint density at radius 2 is 2.00 bits per heavy atom. The predicted octanol–water partition coefficient (Wildman–Crippen LogP) is 4.28. The summed E-state index contributed by atoms with van der Waals surface area (Å²) < 4.78 is 0. The summed E-state index contributed by atoms with van der Waals surface area (Å²) in [6, 6.07) is 9.70. The van der Waals surface area contributed by atoms with Crippen molar-refractivity contribution < 1.29 is 4.79 Å². The van der Waals surface area contributed by atoms with Crippen molar-refractivity contribution in [2.24, 2.45) is 0 Å². The number of H-pyrrole nitrogens is 1. The average molecular weight is 385 g/mol. The van der Waals surface area contributed by atoms with Crippen LogP contribution < -0.4 is 5.32 Å². The molecule has 7 nitrogen and oxygen atoms in total. The van der Waals surface area contributed by atoms with Gasteiger partial charge in [-0.1, -0.05) is 62.4 Å². The molecule has 0 bridgehead atoms. The molecule has 2 heterocycles. The smallest absolute Gasteiger partial charge is 0.323 e. The van der Waals surface area contributed by atoms with Gasteiger partial charge in [0.1, 0.15) is 5.01 Å². The molecular weight excluding hydrogens is 360 g/mol. The monoisotopic (exact) mass is 384 g/mol. The van der Waals surface area contributed by atoms with Crippen LogP contribution in [-0.4, -0.2) is 38.4 Å². The number of aromatic nitrogens is 4. The number of rotatable bonds is 6. The summed E-state index contributed by atoms with van der Waals surface area (Å²) in [5, 5.41) is 19.7. The van der Waals surface area contributed by atoms with Gasteiger partial charge in [-0.25, -0.2) is 4.79 Å². The van der Waals surface area contributed by atoms with Crippen LogP contribution in [0.2, 0.25) is 0 Å². The number of hydrogen-bond donors (Lipinski definition) is 2. The SMILES string of the molecule is CCC(C)(C)c1nnc(NC(=O)N(C)Cc2cn[nH]c2-c2ccccc2)s1. The summed E-state index contributed by atoms with van der Waals surface area (Å²) in [6.45, 7) is 6.78. The fourth-order valence-corrected chi connectivity index (χ4v) is 3.40. The molecule has 3 rings (SSSR count). The van der Waals surface area contributed by atoms with Crippen LogP contribution in [0.3, 0.4) is 0 Å². The standard InChI is InChI=1S/C19H24N6OS/c1-5-19(2,3)16-23-24-17(27-16)21-18(26)25(4)12-14-11-20-22-15(14)13-9-7-6-8-10-13/h6-11H,5,12H2,1-4H3,(H,20,22)(H,21,24,26). The summed E-state index contributed by atoms with van der Waals surface area (Å²) in [6.07, 6.45) is 2.71. The topological polar surface area (TPSA) is 86.8 Å². The Morgan fingerprint density at radius 3 is 2.70 bits per heavy atom. The molecule has 0 radical (unpaired) electrons. The van der Waals surface area contributed by atoms with Gasteiger partial charge in [0.2, 0.25) is 5.13 Å². The third-order valence-corrected chi connectivity index (χ3v) is 5.84. The number of benzene rings is 1. The molecule has 0 saturated heterocycles. The van der Waals surface area contributed by atoms with Crippen LogP contribution >= 0.6 is 11.3 Å². The van der Waals surface area contributed by atoms with Crippen molar-refractivity contribution in [2.45, 2.75) is 39.2 Å². The van der Waals surface area contributed by atoms with E-state index in [0.29, 0.717) is 11.7 Å². The first-order valence-corrected chi connectivity index (χ1v) is 9.66. The summed E-state index contributed by atoms with van der Waals surface area (Å²) in [4.78, 5) is 14.1. The van der Waals surface area contributed by atoms with Crippen LogP contribution in [0.5, 0.6) is 0 Å². The van der Waals surface area contributed by atoms with E-state index in [4.69, 9.17) is 0 Å². The number of carbonyl (C=O) groups excluding carboxylic acids is 1. The molecule has 27 heavy (non-hydrogen) atoms. The summed E-state index contributed by atoms with van der Waals surface area (Å²) in [5.41, 5.74) is 2.85. The lowest BCUT2D eigenvalue weighted by Crippen LogP contribution is -2.30. The van der Waals surface area contributed by atoms with Gasteiger partial charge in [0.25, 0.3) is 0 Å². The van der Waals surface area contributed by atoms with E-state index < -0.39 is 0 Å². The van der Waals surface area contributed by atoms with E-state index in [1.807, 2.05) is 30.3 Å². The van der Waals surface area contributed by atoms with Crippen LogP contribution in [0.25, 0.3) is 11.3 Å². The molecule has 0 fully saturated rings. The molecule has 3 aromatic rings. The second-order valence-electron chi connectivity index (χ2n) is 7.07. The molecule has 2 amide bonds. The van der Waals surface area contributed by atoms with Crippen LogP contribution in [0.15, 0.2) is 36.5 Å². The van der Waals surface area contributed by atoms with E-state index in [9.17, 15) is 4.79 Å². The molecule has 0 atom stereocenters. The number of hydrogen-bond acceptors (Lipinski definition) is 5. The summed E-state index contributed by atoms with van der Waals surface area (Å²) in [7, 11) is 1.75. The van der Waals surface area contributed by atoms with Gasteiger partial charge in [0.05, 0.1) is 18.4 Å². The van der Waals surface area contributed by atoms with Crippen molar-refractivity contribution in [1.29, 1.82) is 0 Å². The Bertz CT molecular complexity index is 902. The number of aromatic amines is 1. The maximum absolute atomic E-state index is 12.5. The largest absolute Gasteiger partial charge is 0.323 e. The second-order valence-corrected chi connectivity index (χ2v) is 8.05. The lowest BCUT2D eigenvalue weighted by molar-refractivity contribution is 0.220. The first-order chi connectivity index (χ1) is 12.9. The van der Waals surface area contributed by atoms with E-state index in [2.05, 4.69) is 46.5 Å². The van der Waals surface area contributed by atoms with E-state index in [0.717, 1.165) is 28.2 Å². The minimum Gasteiger partial charge on any atom is -0.323 e. The molecule has 0 unspecified atom stereocenters. The third-order valence-electron chi connectivity index (χ3n) is 4.64. The highest BCUT2D eigenvalue weighted by molar-refractivity contribution is 7.15. The van der Waals surface area contributed by atoms with Gasteiger partial charge in [-0.3, -0.25) is 10.4 Å². The van der Waals surface area contributed by atoms with E-state index in [-0.39, 0.29) is 11.4 Å². The van der Waals surface area contributed by atoms with E-state index in [1.54, 1.807) is 18.1 Å². The quantitative estimate of drug-likeness (QED) is 0.664. The van der Waals surface area contributed by atoms with Crippen LogP contribution in [0.1, 0.15) is 37.8 Å². The second kappa shape index (κ2) is 7.87. The number of nitrogens with one attached hydrogen (secondary N) is 2. The van der Waals surface area contributed by atoms with Crippen LogP contribution in [-0.2, 0) is 12.0 Å². The van der Waals surface area contributed by atoms with Gasteiger partial charge in [-0.2, -0.15) is 5.10 Å². The van der Waals surface area contributed by atoms with Crippen LogP contribution in [0.4, 0.5) is 9.93 Å². The highest BCUT2D eigenvalue weighted by Crippen LogP contribution is 2.31. The first-order valence-electron chi connectivity index (χ1n) is 8.84. The average Bonchev–Trinajstić information content (AvgIpc) is 3.32. The zero-order chi connectivity index (χ0) is 19.4. The lowest BCUT2D eigenvalue weighted by atomic mass is 9.91. The molecule has 1 aromatic carbocycles.